The van der Waals surface area contributed by atoms with Gasteiger partial charge in [0.05, 0.1) is 11.0 Å². The quantitative estimate of drug-likeness (QED) is 0.318. The molecule has 34 heavy (non-hydrogen) atoms. The van der Waals surface area contributed by atoms with Crippen molar-refractivity contribution in [1.82, 2.24) is 4.57 Å². The smallest absolute Gasteiger partial charge is 0.260 e. The van der Waals surface area contributed by atoms with E-state index in [0.717, 1.165) is 39.7 Å². The average Bonchev–Trinajstić information content (AvgIpc) is 3.21. The summed E-state index contributed by atoms with van der Waals surface area (Å²) in [7, 11) is 0. The lowest BCUT2D eigenvalue weighted by atomic mass is 9.35. The van der Waals surface area contributed by atoms with Crippen molar-refractivity contribution in [2.75, 3.05) is 0 Å². The Labute approximate surface area is 196 Å². The van der Waals surface area contributed by atoms with Crippen LogP contribution in [0, 0.1) is 0 Å². The van der Waals surface area contributed by atoms with Gasteiger partial charge >= 0.3 is 0 Å². The van der Waals surface area contributed by atoms with Gasteiger partial charge in [-0.3, -0.25) is 0 Å². The third-order valence-electron chi connectivity index (χ3n) is 7.11. The Morgan fingerprint density at radius 2 is 1.21 bits per heavy atom. The van der Waals surface area contributed by atoms with Crippen molar-refractivity contribution >= 4 is 44.9 Å². The van der Waals surface area contributed by atoms with E-state index < -0.39 is 0 Å². The standard InChI is InChI=1S/C30H18BNO2/c1-2-9-19(10-3-1)32-24-13-6-4-11-20(24)21-17-23-29(18-25(21)32)34-28-16-8-15-27-30(28)31(23)22-12-5-7-14-26(22)33-27/h1-18H. The van der Waals surface area contributed by atoms with Gasteiger partial charge in [-0.1, -0.05) is 66.7 Å². The van der Waals surface area contributed by atoms with Gasteiger partial charge in [0, 0.05) is 28.0 Å². The molecular formula is C30H18BNO2. The first-order valence-corrected chi connectivity index (χ1v) is 11.6. The van der Waals surface area contributed by atoms with Crippen LogP contribution in [0.2, 0.25) is 0 Å². The summed E-state index contributed by atoms with van der Waals surface area (Å²) in [4.78, 5) is 0. The van der Waals surface area contributed by atoms with Crippen molar-refractivity contribution in [2.45, 2.75) is 0 Å². The topological polar surface area (TPSA) is 23.4 Å². The third kappa shape index (κ3) is 2.32. The van der Waals surface area contributed by atoms with Crippen molar-refractivity contribution in [2.24, 2.45) is 0 Å². The van der Waals surface area contributed by atoms with Gasteiger partial charge in [-0.25, -0.2) is 0 Å². The molecule has 0 amide bonds. The molecule has 0 bridgehead atoms. The number of para-hydroxylation sites is 3. The molecule has 0 saturated heterocycles. The number of fused-ring (bicyclic) bond motifs is 7. The first-order chi connectivity index (χ1) is 16.9. The predicted molar refractivity (Wildman–Crippen MR) is 138 cm³/mol. The lowest BCUT2D eigenvalue weighted by Crippen LogP contribution is -2.57. The van der Waals surface area contributed by atoms with E-state index in [2.05, 4.69) is 89.5 Å². The maximum Gasteiger partial charge on any atom is 0.260 e. The zero-order valence-electron chi connectivity index (χ0n) is 18.2. The van der Waals surface area contributed by atoms with Crippen molar-refractivity contribution in [3.8, 4) is 28.7 Å². The highest BCUT2D eigenvalue weighted by atomic mass is 16.5. The van der Waals surface area contributed by atoms with E-state index in [-0.39, 0.29) is 6.71 Å². The molecule has 5 aromatic carbocycles. The molecule has 6 aromatic rings. The predicted octanol–water partition coefficient (Wildman–Crippen LogP) is 5.51. The molecule has 2 aliphatic rings. The van der Waals surface area contributed by atoms with E-state index >= 15 is 0 Å². The van der Waals surface area contributed by atoms with E-state index in [9.17, 15) is 0 Å². The molecule has 3 heterocycles. The van der Waals surface area contributed by atoms with Gasteiger partial charge in [-0.2, -0.15) is 0 Å². The van der Waals surface area contributed by atoms with Crippen molar-refractivity contribution < 1.29 is 9.47 Å². The average molecular weight is 435 g/mol. The molecule has 8 rings (SSSR count). The van der Waals surface area contributed by atoms with Crippen molar-refractivity contribution in [3.63, 3.8) is 0 Å². The van der Waals surface area contributed by atoms with Gasteiger partial charge in [0.2, 0.25) is 0 Å². The van der Waals surface area contributed by atoms with E-state index in [1.807, 2.05) is 24.3 Å². The minimum absolute atomic E-state index is 0.0723. The molecule has 0 N–H and O–H groups in total. The summed E-state index contributed by atoms with van der Waals surface area (Å²) >= 11 is 0. The molecule has 3 nitrogen and oxygen atoms in total. The van der Waals surface area contributed by atoms with Crippen LogP contribution in [0.15, 0.2) is 109 Å². The first-order valence-electron chi connectivity index (χ1n) is 11.6. The van der Waals surface area contributed by atoms with Gasteiger partial charge in [0.1, 0.15) is 23.0 Å². The highest BCUT2D eigenvalue weighted by molar-refractivity contribution is 6.98. The minimum Gasteiger partial charge on any atom is -0.458 e. The largest absolute Gasteiger partial charge is 0.458 e. The molecule has 0 fully saturated rings. The Bertz CT molecular complexity index is 1770. The molecule has 0 aliphatic carbocycles. The Hall–Kier alpha value is -4.44. The third-order valence-corrected chi connectivity index (χ3v) is 7.11. The second kappa shape index (κ2) is 6.55. The lowest BCUT2D eigenvalue weighted by Gasteiger charge is -2.32. The molecule has 0 atom stereocenters. The maximum atomic E-state index is 6.54. The Kier molecular flexibility index (Phi) is 3.48. The molecule has 0 saturated carbocycles. The van der Waals surface area contributed by atoms with Crippen molar-refractivity contribution in [1.29, 1.82) is 0 Å². The van der Waals surface area contributed by atoms with Crippen LogP contribution in [-0.2, 0) is 0 Å². The monoisotopic (exact) mass is 435 g/mol. The summed E-state index contributed by atoms with van der Waals surface area (Å²) in [6.45, 7) is 0.0723. The van der Waals surface area contributed by atoms with Gasteiger partial charge in [-0.15, -0.1) is 0 Å². The number of ether oxygens (including phenoxy) is 2. The number of hydrogen-bond donors (Lipinski definition) is 0. The van der Waals surface area contributed by atoms with Crippen LogP contribution in [0.1, 0.15) is 0 Å². The van der Waals surface area contributed by atoms with Crippen LogP contribution in [-0.4, -0.2) is 11.3 Å². The fourth-order valence-corrected chi connectivity index (χ4v) is 5.70. The Morgan fingerprint density at radius 3 is 2.09 bits per heavy atom. The fraction of sp³-hybridized carbons (Fsp3) is 0. The molecule has 0 spiro atoms. The molecule has 4 heteroatoms. The Morgan fingerprint density at radius 1 is 0.500 bits per heavy atom. The van der Waals surface area contributed by atoms with Gasteiger partial charge in [0.25, 0.3) is 6.71 Å². The number of nitrogens with zero attached hydrogens (tertiary/aromatic N) is 1. The van der Waals surface area contributed by atoms with Crippen LogP contribution < -0.4 is 25.9 Å². The van der Waals surface area contributed by atoms with Crippen LogP contribution in [0.5, 0.6) is 23.0 Å². The zero-order valence-corrected chi connectivity index (χ0v) is 18.2. The summed E-state index contributed by atoms with van der Waals surface area (Å²) in [5, 5.41) is 2.47. The summed E-state index contributed by atoms with van der Waals surface area (Å²) in [6, 6.07) is 38.1. The van der Waals surface area contributed by atoms with E-state index in [1.54, 1.807) is 0 Å². The minimum atomic E-state index is 0.0723. The fourth-order valence-electron chi connectivity index (χ4n) is 5.70. The molecule has 0 radical (unpaired) electrons. The second-order valence-corrected chi connectivity index (χ2v) is 8.94. The number of aromatic nitrogens is 1. The van der Waals surface area contributed by atoms with Gasteiger partial charge < -0.3 is 14.0 Å². The van der Waals surface area contributed by atoms with Crippen molar-refractivity contribution in [3.05, 3.63) is 109 Å². The normalized spacial score (nSPS) is 13.1. The van der Waals surface area contributed by atoms with Gasteiger partial charge in [0.15, 0.2) is 0 Å². The first kappa shape index (κ1) is 18.0. The summed E-state index contributed by atoms with van der Waals surface area (Å²) < 4.78 is 15.1. The van der Waals surface area contributed by atoms with E-state index in [0.29, 0.717) is 0 Å². The zero-order chi connectivity index (χ0) is 22.2. The second-order valence-electron chi connectivity index (χ2n) is 8.94. The molecule has 158 valence electrons. The number of benzene rings is 5. The molecular weight excluding hydrogens is 417 g/mol. The molecule has 2 aliphatic heterocycles. The lowest BCUT2D eigenvalue weighted by molar-refractivity contribution is 0.465. The number of hydrogen-bond acceptors (Lipinski definition) is 2. The van der Waals surface area contributed by atoms with Crippen LogP contribution in [0.4, 0.5) is 0 Å². The highest BCUT2D eigenvalue weighted by Crippen LogP contribution is 2.38. The van der Waals surface area contributed by atoms with E-state index in [4.69, 9.17) is 9.47 Å². The Balaban J connectivity index is 1.48. The summed E-state index contributed by atoms with van der Waals surface area (Å²) in [6.07, 6.45) is 0. The summed E-state index contributed by atoms with van der Waals surface area (Å²) in [5.74, 6) is 3.56. The SMILES string of the molecule is c1ccc(-n2c3ccccc3c3cc4c(cc32)Oc2cccc3c2B4c2ccccc2O3)cc1. The van der Waals surface area contributed by atoms with Crippen LogP contribution in [0.25, 0.3) is 27.5 Å². The maximum absolute atomic E-state index is 6.54. The van der Waals surface area contributed by atoms with Gasteiger partial charge in [-0.05, 0) is 47.3 Å². The molecule has 1 aromatic heterocycles. The summed E-state index contributed by atoms with van der Waals surface area (Å²) in [5.41, 5.74) is 6.95. The van der Waals surface area contributed by atoms with Crippen LogP contribution in [0.3, 0.4) is 0 Å². The number of rotatable bonds is 1. The van der Waals surface area contributed by atoms with E-state index in [1.165, 1.54) is 27.2 Å². The molecule has 0 unspecified atom stereocenters. The van der Waals surface area contributed by atoms with Crippen LogP contribution >= 0.6 is 0 Å². The highest BCUT2D eigenvalue weighted by Gasteiger charge is 2.40.